The predicted molar refractivity (Wildman–Crippen MR) is 47.2 cm³/mol. The van der Waals surface area contributed by atoms with Crippen LogP contribution in [0.1, 0.15) is 19.8 Å². The van der Waals surface area contributed by atoms with Gasteiger partial charge in [0.1, 0.15) is 6.61 Å². The normalized spacial score (nSPS) is 9.00. The van der Waals surface area contributed by atoms with Crippen molar-refractivity contribution in [3.05, 3.63) is 0 Å². The fourth-order valence-electron chi connectivity index (χ4n) is 0.269. The molecule has 0 atom stereocenters. The molecule has 4 nitrogen and oxygen atoms in total. The van der Waals surface area contributed by atoms with Gasteiger partial charge in [0, 0.05) is 6.42 Å². The van der Waals surface area contributed by atoms with Crippen molar-refractivity contribution in [1.82, 2.24) is 0 Å². The lowest BCUT2D eigenvalue weighted by Gasteiger charge is -1.74. The Kier molecular flexibility index (Phi) is 9.93. The third-order valence-corrected chi connectivity index (χ3v) is 0.579. The largest absolute Gasteiger partial charge is 0.384 e. The molecule has 0 aromatic heterocycles. The Labute approximate surface area is 73.4 Å². The minimum Gasteiger partial charge on any atom is -0.384 e. The molecular formula is C7H14O4S. The van der Waals surface area contributed by atoms with Crippen LogP contribution in [0.15, 0.2) is 0 Å². The quantitative estimate of drug-likeness (QED) is 0.464. The van der Waals surface area contributed by atoms with E-state index >= 15 is 0 Å². The first-order valence-electron chi connectivity index (χ1n) is 3.40. The lowest BCUT2D eigenvalue weighted by atomic mass is 10.3. The third-order valence-electron chi connectivity index (χ3n) is 0.579. The van der Waals surface area contributed by atoms with Gasteiger partial charge in [0.15, 0.2) is 0 Å². The molecule has 0 aliphatic carbocycles. The van der Waals surface area contributed by atoms with Crippen molar-refractivity contribution in [2.45, 2.75) is 19.8 Å². The molecule has 0 bridgehead atoms. The minimum absolute atomic E-state index is 0. The SMILES string of the molecule is CCCC#CCO.CS(=O)(=O)O. The molecule has 0 saturated heterocycles. The average Bonchev–Trinajstić information content (AvgIpc) is 1.85. The molecule has 72 valence electrons. The maximum Gasteiger partial charge on any atom is 0.261 e. The Bertz CT molecular complexity index is 224. The standard InChI is InChI=1S/C6H10O.CH4O3S/c1-2-3-4-5-6-7;1-5(2,3)4/h7H,2-3,6H2,1H3;1H3,(H,2,3,4). The summed E-state index contributed by atoms with van der Waals surface area (Å²) in [6.07, 6.45) is 2.70. The monoisotopic (exact) mass is 194 g/mol. The number of hydrogen-bond acceptors (Lipinski definition) is 3. The van der Waals surface area contributed by atoms with Crippen molar-refractivity contribution in [1.29, 1.82) is 0 Å². The van der Waals surface area contributed by atoms with Gasteiger partial charge in [-0.2, -0.15) is 8.42 Å². The second-order valence-corrected chi connectivity index (χ2v) is 3.46. The van der Waals surface area contributed by atoms with Crippen molar-refractivity contribution in [2.24, 2.45) is 0 Å². The van der Waals surface area contributed by atoms with Crippen LogP contribution in [0, 0.1) is 11.8 Å². The predicted octanol–water partition coefficient (Wildman–Crippen LogP) is 0.286. The Morgan fingerprint density at radius 3 is 2.00 bits per heavy atom. The van der Waals surface area contributed by atoms with Gasteiger partial charge in [-0.1, -0.05) is 12.8 Å². The highest BCUT2D eigenvalue weighted by molar-refractivity contribution is 7.85. The van der Waals surface area contributed by atoms with E-state index in [4.69, 9.17) is 9.66 Å². The maximum atomic E-state index is 9.19. The number of hydrogen-bond donors (Lipinski definition) is 2. The van der Waals surface area contributed by atoms with Crippen LogP contribution in [0.25, 0.3) is 0 Å². The Balaban J connectivity index is 0. The Hall–Kier alpha value is -0.570. The topological polar surface area (TPSA) is 74.6 Å². The van der Waals surface area contributed by atoms with Gasteiger partial charge in [-0.05, 0) is 6.42 Å². The zero-order valence-corrected chi connectivity index (χ0v) is 8.06. The van der Waals surface area contributed by atoms with Crippen molar-refractivity contribution in [3.8, 4) is 11.8 Å². The molecule has 0 fully saturated rings. The fourth-order valence-corrected chi connectivity index (χ4v) is 0.269. The van der Waals surface area contributed by atoms with Crippen molar-refractivity contribution >= 4 is 10.1 Å². The third kappa shape index (κ3) is 57.0. The van der Waals surface area contributed by atoms with Crippen LogP contribution in [-0.2, 0) is 10.1 Å². The maximum absolute atomic E-state index is 9.19. The molecule has 0 saturated carbocycles. The summed E-state index contributed by atoms with van der Waals surface area (Å²) in [5.74, 6) is 5.34. The Morgan fingerprint density at radius 2 is 1.75 bits per heavy atom. The van der Waals surface area contributed by atoms with E-state index < -0.39 is 10.1 Å². The molecule has 0 radical (unpaired) electrons. The van der Waals surface area contributed by atoms with E-state index in [0.29, 0.717) is 6.26 Å². The molecule has 0 aliphatic rings. The summed E-state index contributed by atoms with van der Waals surface area (Å²) in [5, 5.41) is 8.12. The fraction of sp³-hybridized carbons (Fsp3) is 0.714. The van der Waals surface area contributed by atoms with Gasteiger partial charge in [-0.3, -0.25) is 4.55 Å². The highest BCUT2D eigenvalue weighted by Crippen LogP contribution is 1.79. The van der Waals surface area contributed by atoms with Crippen molar-refractivity contribution < 1.29 is 18.1 Å². The van der Waals surface area contributed by atoms with Gasteiger partial charge < -0.3 is 5.11 Å². The smallest absolute Gasteiger partial charge is 0.261 e. The van der Waals surface area contributed by atoms with Crippen LogP contribution < -0.4 is 0 Å². The van der Waals surface area contributed by atoms with Crippen LogP contribution >= 0.6 is 0 Å². The zero-order valence-electron chi connectivity index (χ0n) is 7.24. The Morgan fingerprint density at radius 1 is 1.33 bits per heavy atom. The molecule has 5 heteroatoms. The molecule has 0 amide bonds. The second-order valence-electron chi connectivity index (χ2n) is 1.99. The van der Waals surface area contributed by atoms with Gasteiger partial charge in [-0.25, -0.2) is 0 Å². The first-order valence-corrected chi connectivity index (χ1v) is 5.25. The van der Waals surface area contributed by atoms with Gasteiger partial charge in [0.05, 0.1) is 6.26 Å². The van der Waals surface area contributed by atoms with Crippen molar-refractivity contribution in [3.63, 3.8) is 0 Å². The molecule has 12 heavy (non-hydrogen) atoms. The van der Waals surface area contributed by atoms with Crippen LogP contribution in [-0.4, -0.2) is 30.9 Å². The molecule has 0 heterocycles. The van der Waals surface area contributed by atoms with Gasteiger partial charge >= 0.3 is 0 Å². The van der Waals surface area contributed by atoms with Crippen molar-refractivity contribution in [2.75, 3.05) is 12.9 Å². The summed E-state index contributed by atoms with van der Waals surface area (Å²) in [6, 6.07) is 0. The molecule has 2 N–H and O–H groups in total. The van der Waals surface area contributed by atoms with E-state index in [2.05, 4.69) is 18.8 Å². The summed E-state index contributed by atoms with van der Waals surface area (Å²) < 4.78 is 25.9. The lowest BCUT2D eigenvalue weighted by Crippen LogP contribution is -1.88. The lowest BCUT2D eigenvalue weighted by molar-refractivity contribution is 0.350. The minimum atomic E-state index is -3.67. The molecular weight excluding hydrogens is 180 g/mol. The van der Waals surface area contributed by atoms with Crippen LogP contribution in [0.3, 0.4) is 0 Å². The highest BCUT2D eigenvalue weighted by atomic mass is 32.2. The number of rotatable bonds is 1. The summed E-state index contributed by atoms with van der Waals surface area (Å²) in [5.41, 5.74) is 0. The molecule has 0 spiro atoms. The van der Waals surface area contributed by atoms with E-state index in [9.17, 15) is 8.42 Å². The molecule has 0 aromatic rings. The number of unbranched alkanes of at least 4 members (excludes halogenated alkanes) is 1. The van der Waals surface area contributed by atoms with Gasteiger partial charge in [0.25, 0.3) is 10.1 Å². The average molecular weight is 194 g/mol. The van der Waals surface area contributed by atoms with Crippen LogP contribution in [0.5, 0.6) is 0 Å². The van der Waals surface area contributed by atoms with E-state index in [1.54, 1.807) is 0 Å². The first-order chi connectivity index (χ1) is 5.41. The summed E-state index contributed by atoms with van der Waals surface area (Å²) in [4.78, 5) is 0. The van der Waals surface area contributed by atoms with Crippen LogP contribution in [0.4, 0.5) is 0 Å². The number of aliphatic hydroxyl groups is 1. The molecule has 0 aliphatic heterocycles. The van der Waals surface area contributed by atoms with Gasteiger partial charge in [-0.15, -0.1) is 5.92 Å². The molecule has 0 rings (SSSR count). The summed E-state index contributed by atoms with van der Waals surface area (Å²) in [6.45, 7) is 2.06. The van der Waals surface area contributed by atoms with E-state index in [1.165, 1.54) is 0 Å². The summed E-state index contributed by atoms with van der Waals surface area (Å²) >= 11 is 0. The highest BCUT2D eigenvalue weighted by Gasteiger charge is 1.81. The van der Waals surface area contributed by atoms with E-state index in [0.717, 1.165) is 12.8 Å². The summed E-state index contributed by atoms with van der Waals surface area (Å²) in [7, 11) is -3.67. The number of aliphatic hydroxyl groups excluding tert-OH is 1. The van der Waals surface area contributed by atoms with E-state index in [-0.39, 0.29) is 6.61 Å². The zero-order chi connectivity index (χ0) is 10.0. The second kappa shape index (κ2) is 8.53. The first kappa shape index (κ1) is 14.0. The van der Waals surface area contributed by atoms with Gasteiger partial charge in [0.2, 0.25) is 0 Å². The molecule has 0 unspecified atom stereocenters. The van der Waals surface area contributed by atoms with E-state index in [1.807, 2.05) is 0 Å². The van der Waals surface area contributed by atoms with Crippen LogP contribution in [0.2, 0.25) is 0 Å². The molecule has 0 aromatic carbocycles.